The predicted octanol–water partition coefficient (Wildman–Crippen LogP) is 6.28. The number of aryl methyl sites for hydroxylation is 1. The molecule has 0 unspecified atom stereocenters. The largest absolute Gasteiger partial charge is 0.494 e. The summed E-state index contributed by atoms with van der Waals surface area (Å²) < 4.78 is 11.8. The number of benzene rings is 3. The van der Waals surface area contributed by atoms with Gasteiger partial charge in [0.15, 0.2) is 5.82 Å². The van der Waals surface area contributed by atoms with Crippen molar-refractivity contribution in [3.05, 3.63) is 89.5 Å². The summed E-state index contributed by atoms with van der Waals surface area (Å²) in [7, 11) is 0. The highest BCUT2D eigenvalue weighted by Gasteiger charge is 2.25. The Morgan fingerprint density at radius 1 is 1.06 bits per heavy atom. The summed E-state index contributed by atoms with van der Waals surface area (Å²) in [5.41, 5.74) is 4.77. The minimum Gasteiger partial charge on any atom is -0.494 e. The van der Waals surface area contributed by atoms with Gasteiger partial charge >= 0.3 is 0 Å². The summed E-state index contributed by atoms with van der Waals surface area (Å²) in [5.74, 6) is 2.81. The third-order valence-electron chi connectivity index (χ3n) is 5.54. The number of ether oxygens (including phenoxy) is 2. The van der Waals surface area contributed by atoms with E-state index in [1.807, 2.05) is 73.7 Å². The number of anilines is 1. The molecule has 0 bridgehead atoms. The lowest BCUT2D eigenvalue weighted by Crippen LogP contribution is -2.15. The molecular formula is C28H25N3O3S. The molecule has 0 saturated carbocycles. The van der Waals surface area contributed by atoms with Gasteiger partial charge in [0.05, 0.1) is 17.9 Å². The molecule has 0 fully saturated rings. The molecule has 1 aliphatic rings. The van der Waals surface area contributed by atoms with E-state index < -0.39 is 0 Å². The van der Waals surface area contributed by atoms with Crippen LogP contribution in [0.15, 0.2) is 77.8 Å². The number of rotatable bonds is 7. The van der Waals surface area contributed by atoms with Crippen molar-refractivity contribution in [3.63, 3.8) is 0 Å². The Morgan fingerprint density at radius 2 is 1.86 bits per heavy atom. The number of hydrogen-bond acceptors (Lipinski definition) is 6. The van der Waals surface area contributed by atoms with Gasteiger partial charge in [-0.1, -0.05) is 47.7 Å². The average molecular weight is 484 g/mol. The van der Waals surface area contributed by atoms with Gasteiger partial charge in [-0.05, 0) is 61.9 Å². The van der Waals surface area contributed by atoms with Crippen molar-refractivity contribution in [2.75, 3.05) is 17.7 Å². The molecule has 5 rings (SSSR count). The maximum atomic E-state index is 12.6. The highest BCUT2D eigenvalue weighted by molar-refractivity contribution is 8.00. The molecule has 176 valence electrons. The normalized spacial score (nSPS) is 11.7. The molecule has 35 heavy (non-hydrogen) atoms. The van der Waals surface area contributed by atoms with E-state index in [0.717, 1.165) is 38.9 Å². The van der Waals surface area contributed by atoms with E-state index in [1.54, 1.807) is 0 Å². The lowest BCUT2D eigenvalue weighted by molar-refractivity contribution is -0.113. The third-order valence-corrected chi connectivity index (χ3v) is 6.56. The number of thioether (sulfide) groups is 1. The van der Waals surface area contributed by atoms with Crippen molar-refractivity contribution in [2.45, 2.75) is 25.3 Å². The van der Waals surface area contributed by atoms with Gasteiger partial charge in [0.2, 0.25) is 11.8 Å². The lowest BCUT2D eigenvalue weighted by atomic mass is 10.0. The topological polar surface area (TPSA) is 73.3 Å². The summed E-state index contributed by atoms with van der Waals surface area (Å²) in [6.45, 7) is 4.62. The van der Waals surface area contributed by atoms with Crippen LogP contribution in [0.3, 0.4) is 0 Å². The predicted molar refractivity (Wildman–Crippen MR) is 138 cm³/mol. The Balaban J connectivity index is 1.45. The maximum absolute atomic E-state index is 12.6. The van der Waals surface area contributed by atoms with Crippen molar-refractivity contribution >= 4 is 23.4 Å². The second-order valence-corrected chi connectivity index (χ2v) is 9.15. The monoisotopic (exact) mass is 483 g/mol. The molecule has 4 aromatic rings. The van der Waals surface area contributed by atoms with Gasteiger partial charge in [0.25, 0.3) is 0 Å². The van der Waals surface area contributed by atoms with Crippen molar-refractivity contribution in [2.24, 2.45) is 0 Å². The molecule has 0 atom stereocenters. The number of nitrogens with zero attached hydrogens (tertiary/aromatic N) is 2. The fourth-order valence-corrected chi connectivity index (χ4v) is 4.71. The minimum atomic E-state index is -0.0934. The van der Waals surface area contributed by atoms with E-state index in [0.29, 0.717) is 24.7 Å². The summed E-state index contributed by atoms with van der Waals surface area (Å²) in [4.78, 5) is 22.2. The number of carbonyl (C=O) groups is 1. The molecule has 3 aromatic carbocycles. The smallest absolute Gasteiger partial charge is 0.234 e. The van der Waals surface area contributed by atoms with Crippen LogP contribution in [0.5, 0.6) is 17.4 Å². The van der Waals surface area contributed by atoms with E-state index in [9.17, 15) is 4.79 Å². The molecule has 2 heterocycles. The summed E-state index contributed by atoms with van der Waals surface area (Å²) in [6, 6.07) is 23.2. The molecule has 7 heteroatoms. The summed E-state index contributed by atoms with van der Waals surface area (Å²) >= 11 is 1.39. The molecule has 6 nitrogen and oxygen atoms in total. The zero-order chi connectivity index (χ0) is 24.2. The first-order chi connectivity index (χ1) is 17.1. The molecule has 0 radical (unpaired) electrons. The molecule has 1 amide bonds. The highest BCUT2D eigenvalue weighted by Crippen LogP contribution is 2.40. The van der Waals surface area contributed by atoms with E-state index >= 15 is 0 Å². The van der Waals surface area contributed by atoms with E-state index in [-0.39, 0.29) is 11.7 Å². The molecule has 0 spiro atoms. The fourth-order valence-electron chi connectivity index (χ4n) is 3.89. The Bertz CT molecular complexity index is 1360. The maximum Gasteiger partial charge on any atom is 0.234 e. The Hall–Kier alpha value is -3.84. The van der Waals surface area contributed by atoms with Gasteiger partial charge in [0, 0.05) is 17.7 Å². The number of hydrogen-bond donors (Lipinski definition) is 1. The van der Waals surface area contributed by atoms with Gasteiger partial charge in [-0.15, -0.1) is 0 Å². The van der Waals surface area contributed by atoms with Crippen LogP contribution in [0, 0.1) is 6.92 Å². The Kier molecular flexibility index (Phi) is 6.68. The summed E-state index contributed by atoms with van der Waals surface area (Å²) in [6.07, 6.45) is 0.651. The third kappa shape index (κ3) is 5.30. The molecule has 0 saturated heterocycles. The first-order valence-corrected chi connectivity index (χ1v) is 12.5. The fraction of sp³-hybridized carbons (Fsp3) is 0.179. The standard InChI is InChI=1S/C28H25N3O3S/c1-3-33-22-12-10-19(11-13-22)26-30-27-23(16-20-15-18(2)9-14-24(20)34-27)28(31-26)35-17-25(32)29-21-7-5-4-6-8-21/h4-15H,3,16-17H2,1-2H3,(H,29,32). The Labute approximate surface area is 208 Å². The van der Waals surface area contributed by atoms with E-state index in [2.05, 4.69) is 18.3 Å². The van der Waals surface area contributed by atoms with Crippen molar-refractivity contribution in [1.82, 2.24) is 9.97 Å². The highest BCUT2D eigenvalue weighted by atomic mass is 32.2. The van der Waals surface area contributed by atoms with Crippen LogP contribution in [-0.2, 0) is 11.2 Å². The first-order valence-electron chi connectivity index (χ1n) is 11.5. The number of aromatic nitrogens is 2. The van der Waals surface area contributed by atoms with Crippen LogP contribution in [0.2, 0.25) is 0 Å². The van der Waals surface area contributed by atoms with Crippen LogP contribution < -0.4 is 14.8 Å². The van der Waals surface area contributed by atoms with Gasteiger partial charge in [-0.25, -0.2) is 4.98 Å². The number of amides is 1. The van der Waals surface area contributed by atoms with Crippen LogP contribution >= 0.6 is 11.8 Å². The second kappa shape index (κ2) is 10.2. The SMILES string of the molecule is CCOc1ccc(-c2nc3c(c(SCC(=O)Nc4ccccc4)n2)Cc2cc(C)ccc2O3)cc1. The zero-order valence-electron chi connectivity index (χ0n) is 19.6. The minimum absolute atomic E-state index is 0.0934. The van der Waals surface area contributed by atoms with Gasteiger partial charge in [-0.3, -0.25) is 4.79 Å². The van der Waals surface area contributed by atoms with Gasteiger partial charge < -0.3 is 14.8 Å². The van der Waals surface area contributed by atoms with Crippen LogP contribution in [0.4, 0.5) is 5.69 Å². The van der Waals surface area contributed by atoms with Crippen LogP contribution in [-0.4, -0.2) is 28.2 Å². The molecule has 1 N–H and O–H groups in total. The van der Waals surface area contributed by atoms with E-state index in [4.69, 9.17) is 19.4 Å². The lowest BCUT2D eigenvalue weighted by Gasteiger charge is -2.22. The number of fused-ring (bicyclic) bond motifs is 2. The van der Waals surface area contributed by atoms with Crippen LogP contribution in [0.1, 0.15) is 23.6 Å². The summed E-state index contributed by atoms with van der Waals surface area (Å²) in [5, 5.41) is 3.68. The average Bonchev–Trinajstić information content (AvgIpc) is 2.87. The molecular weight excluding hydrogens is 458 g/mol. The zero-order valence-corrected chi connectivity index (χ0v) is 20.4. The Morgan fingerprint density at radius 3 is 2.63 bits per heavy atom. The number of carbonyl (C=O) groups excluding carboxylic acids is 1. The quantitative estimate of drug-likeness (QED) is 0.217. The first kappa shape index (κ1) is 22.9. The number of nitrogens with one attached hydrogen (secondary N) is 1. The van der Waals surface area contributed by atoms with Crippen molar-refractivity contribution < 1.29 is 14.3 Å². The molecule has 1 aromatic heterocycles. The molecule has 1 aliphatic heterocycles. The number of para-hydroxylation sites is 1. The van der Waals surface area contributed by atoms with E-state index in [1.165, 1.54) is 17.3 Å². The van der Waals surface area contributed by atoms with Gasteiger partial charge in [0.1, 0.15) is 16.5 Å². The molecule has 0 aliphatic carbocycles. The van der Waals surface area contributed by atoms with Gasteiger partial charge in [-0.2, -0.15) is 4.98 Å². The van der Waals surface area contributed by atoms with Crippen LogP contribution in [0.25, 0.3) is 11.4 Å². The van der Waals surface area contributed by atoms with Crippen molar-refractivity contribution in [3.8, 4) is 28.8 Å². The van der Waals surface area contributed by atoms with Crippen molar-refractivity contribution in [1.29, 1.82) is 0 Å². The second-order valence-electron chi connectivity index (χ2n) is 8.19.